The van der Waals surface area contributed by atoms with Gasteiger partial charge in [0.25, 0.3) is 0 Å². The first-order valence-corrected chi connectivity index (χ1v) is 12.0. The van der Waals surface area contributed by atoms with Crippen molar-refractivity contribution in [1.82, 2.24) is 9.62 Å². The molecule has 1 aromatic carbocycles. The van der Waals surface area contributed by atoms with E-state index in [1.807, 2.05) is 5.38 Å². The molecule has 8 heteroatoms. The standard InChI is InChI=1S/C20H27N3O3S2/c1-16(24)22-18-6-8-19(9-7-18)28(25,26)21-14-20(17-10-13-27-15-17)23-11-4-2-3-5-12-23/h6-10,13,15,20-21H,2-5,11-12,14H2,1H3,(H,22,24). The van der Waals surface area contributed by atoms with Gasteiger partial charge in [-0.15, -0.1) is 0 Å². The molecule has 0 radical (unpaired) electrons. The smallest absolute Gasteiger partial charge is 0.240 e. The molecule has 1 fully saturated rings. The highest BCUT2D eigenvalue weighted by molar-refractivity contribution is 7.89. The molecule has 28 heavy (non-hydrogen) atoms. The van der Waals surface area contributed by atoms with Crippen LogP contribution in [0.15, 0.2) is 46.0 Å². The van der Waals surface area contributed by atoms with Crippen LogP contribution < -0.4 is 10.0 Å². The van der Waals surface area contributed by atoms with Crippen LogP contribution in [0.2, 0.25) is 0 Å². The fraction of sp³-hybridized carbons (Fsp3) is 0.450. The lowest BCUT2D eigenvalue weighted by atomic mass is 10.1. The molecule has 1 unspecified atom stereocenters. The summed E-state index contributed by atoms with van der Waals surface area (Å²) < 4.78 is 28.3. The summed E-state index contributed by atoms with van der Waals surface area (Å²) in [4.78, 5) is 13.7. The quantitative estimate of drug-likeness (QED) is 0.716. The van der Waals surface area contributed by atoms with E-state index in [2.05, 4.69) is 26.4 Å². The average Bonchev–Trinajstić information content (AvgIpc) is 3.05. The minimum absolute atomic E-state index is 0.0396. The molecule has 0 aliphatic carbocycles. The van der Waals surface area contributed by atoms with Gasteiger partial charge in [0.15, 0.2) is 0 Å². The Bertz CT molecular complexity index is 857. The molecule has 0 spiro atoms. The van der Waals surface area contributed by atoms with Crippen molar-refractivity contribution in [3.63, 3.8) is 0 Å². The number of rotatable bonds is 7. The third-order valence-electron chi connectivity index (χ3n) is 4.96. The van der Waals surface area contributed by atoms with Crippen LogP contribution in [0.1, 0.15) is 44.2 Å². The van der Waals surface area contributed by atoms with E-state index >= 15 is 0 Å². The van der Waals surface area contributed by atoms with Crippen molar-refractivity contribution >= 4 is 33.0 Å². The number of thiophene rings is 1. The molecule has 1 aliphatic rings. The summed E-state index contributed by atoms with van der Waals surface area (Å²) in [6.45, 7) is 3.74. The number of anilines is 1. The van der Waals surface area contributed by atoms with E-state index in [0.29, 0.717) is 12.2 Å². The maximum atomic E-state index is 12.8. The highest BCUT2D eigenvalue weighted by Crippen LogP contribution is 2.26. The zero-order valence-electron chi connectivity index (χ0n) is 16.1. The lowest BCUT2D eigenvalue weighted by molar-refractivity contribution is -0.114. The molecule has 3 rings (SSSR count). The highest BCUT2D eigenvalue weighted by atomic mass is 32.2. The van der Waals surface area contributed by atoms with Crippen LogP contribution in [0.3, 0.4) is 0 Å². The van der Waals surface area contributed by atoms with Gasteiger partial charge >= 0.3 is 0 Å². The number of carbonyl (C=O) groups is 1. The Balaban J connectivity index is 1.71. The number of sulfonamides is 1. The summed E-state index contributed by atoms with van der Waals surface area (Å²) in [6.07, 6.45) is 4.77. The van der Waals surface area contributed by atoms with Crippen molar-refractivity contribution in [2.45, 2.75) is 43.5 Å². The predicted molar refractivity (Wildman–Crippen MR) is 113 cm³/mol. The Morgan fingerprint density at radius 3 is 2.36 bits per heavy atom. The van der Waals surface area contributed by atoms with E-state index in [0.717, 1.165) is 31.5 Å². The Hall–Kier alpha value is -1.74. The van der Waals surface area contributed by atoms with Gasteiger partial charge in [0.2, 0.25) is 15.9 Å². The third-order valence-corrected chi connectivity index (χ3v) is 7.10. The third kappa shape index (κ3) is 5.64. The molecule has 2 heterocycles. The number of amides is 1. The van der Waals surface area contributed by atoms with Gasteiger partial charge in [0.1, 0.15) is 0 Å². The first-order chi connectivity index (χ1) is 13.5. The van der Waals surface area contributed by atoms with Gasteiger partial charge in [-0.05, 0) is 72.6 Å². The van der Waals surface area contributed by atoms with E-state index < -0.39 is 10.0 Å². The van der Waals surface area contributed by atoms with Crippen molar-refractivity contribution in [1.29, 1.82) is 0 Å². The maximum absolute atomic E-state index is 12.8. The van der Waals surface area contributed by atoms with Crippen LogP contribution in [0, 0.1) is 0 Å². The zero-order chi connectivity index (χ0) is 20.0. The molecule has 0 bridgehead atoms. The fourth-order valence-electron chi connectivity index (χ4n) is 3.52. The van der Waals surface area contributed by atoms with Crippen LogP contribution in [0.25, 0.3) is 0 Å². The summed E-state index contributed by atoms with van der Waals surface area (Å²) in [5.74, 6) is -0.190. The number of likely N-dealkylation sites (tertiary alicyclic amines) is 1. The molecule has 1 aliphatic heterocycles. The van der Waals surface area contributed by atoms with Crippen molar-refractivity contribution in [2.75, 3.05) is 25.0 Å². The van der Waals surface area contributed by atoms with Crippen molar-refractivity contribution in [3.8, 4) is 0 Å². The Morgan fingerprint density at radius 2 is 1.79 bits per heavy atom. The van der Waals surface area contributed by atoms with E-state index in [9.17, 15) is 13.2 Å². The molecule has 152 valence electrons. The monoisotopic (exact) mass is 421 g/mol. The number of nitrogens with zero attached hydrogens (tertiary/aromatic N) is 1. The molecule has 0 saturated carbocycles. The number of benzene rings is 1. The molecule has 6 nitrogen and oxygen atoms in total. The molecule has 1 aromatic heterocycles. The van der Waals surface area contributed by atoms with Crippen LogP contribution in [-0.4, -0.2) is 38.9 Å². The summed E-state index contributed by atoms with van der Waals surface area (Å²) in [5.41, 5.74) is 1.74. The summed E-state index contributed by atoms with van der Waals surface area (Å²) >= 11 is 1.63. The first kappa shape index (κ1) is 21.0. The van der Waals surface area contributed by atoms with Gasteiger partial charge in [-0.2, -0.15) is 11.3 Å². The fourth-order valence-corrected chi connectivity index (χ4v) is 5.27. The van der Waals surface area contributed by atoms with Crippen molar-refractivity contribution < 1.29 is 13.2 Å². The van der Waals surface area contributed by atoms with Gasteiger partial charge in [-0.25, -0.2) is 13.1 Å². The molecule has 2 N–H and O–H groups in total. The maximum Gasteiger partial charge on any atom is 0.240 e. The highest BCUT2D eigenvalue weighted by Gasteiger charge is 2.24. The second kappa shape index (κ2) is 9.65. The summed E-state index contributed by atoms with van der Waals surface area (Å²) in [6, 6.07) is 8.34. The summed E-state index contributed by atoms with van der Waals surface area (Å²) in [5, 5.41) is 6.78. The van der Waals surface area contributed by atoms with Crippen LogP contribution in [0.5, 0.6) is 0 Å². The van der Waals surface area contributed by atoms with Gasteiger partial charge in [0.05, 0.1) is 4.90 Å². The largest absolute Gasteiger partial charge is 0.326 e. The normalized spacial score (nSPS) is 17.0. The van der Waals surface area contributed by atoms with Crippen molar-refractivity contribution in [2.24, 2.45) is 0 Å². The Labute approximate surface area is 171 Å². The Kier molecular flexibility index (Phi) is 7.23. The molecular formula is C20H27N3O3S2. The summed E-state index contributed by atoms with van der Waals surface area (Å²) in [7, 11) is -3.63. The molecule has 2 aromatic rings. The molecule has 1 atom stereocenters. The average molecular weight is 422 g/mol. The minimum Gasteiger partial charge on any atom is -0.326 e. The minimum atomic E-state index is -3.63. The van der Waals surface area contributed by atoms with Crippen molar-refractivity contribution in [3.05, 3.63) is 46.7 Å². The van der Waals surface area contributed by atoms with E-state index in [-0.39, 0.29) is 16.8 Å². The van der Waals surface area contributed by atoms with E-state index in [1.165, 1.54) is 31.9 Å². The number of hydrogen-bond acceptors (Lipinski definition) is 5. The number of nitrogens with one attached hydrogen (secondary N) is 2. The topological polar surface area (TPSA) is 78.5 Å². The second-order valence-corrected chi connectivity index (χ2v) is 9.63. The second-order valence-electron chi connectivity index (χ2n) is 7.08. The van der Waals surface area contributed by atoms with Gasteiger partial charge in [-0.1, -0.05) is 12.8 Å². The van der Waals surface area contributed by atoms with Crippen LogP contribution in [0.4, 0.5) is 5.69 Å². The van der Waals surface area contributed by atoms with Crippen LogP contribution in [-0.2, 0) is 14.8 Å². The lowest BCUT2D eigenvalue weighted by Gasteiger charge is -2.30. The predicted octanol–water partition coefficient (Wildman–Crippen LogP) is 3.60. The number of carbonyl (C=O) groups excluding carboxylic acids is 1. The number of hydrogen-bond donors (Lipinski definition) is 2. The van der Waals surface area contributed by atoms with Gasteiger partial charge < -0.3 is 5.32 Å². The van der Waals surface area contributed by atoms with E-state index in [1.54, 1.807) is 23.5 Å². The first-order valence-electron chi connectivity index (χ1n) is 9.59. The molecule has 1 amide bonds. The van der Waals surface area contributed by atoms with Crippen LogP contribution >= 0.6 is 11.3 Å². The Morgan fingerprint density at radius 1 is 1.11 bits per heavy atom. The van der Waals surface area contributed by atoms with E-state index in [4.69, 9.17) is 0 Å². The van der Waals surface area contributed by atoms with Gasteiger partial charge in [-0.3, -0.25) is 9.69 Å². The molecular weight excluding hydrogens is 394 g/mol. The van der Waals surface area contributed by atoms with Gasteiger partial charge in [0, 0.05) is 25.2 Å². The molecule has 1 saturated heterocycles. The zero-order valence-corrected chi connectivity index (χ0v) is 17.7. The lowest BCUT2D eigenvalue weighted by Crippen LogP contribution is -2.38. The SMILES string of the molecule is CC(=O)Nc1ccc(S(=O)(=O)NCC(c2ccsc2)N2CCCCCC2)cc1.